The Hall–Kier alpha value is -2.65. The lowest BCUT2D eigenvalue weighted by molar-refractivity contribution is -0.137. The first-order valence-electron chi connectivity index (χ1n) is 7.73. The highest BCUT2D eigenvalue weighted by Gasteiger charge is 2.20. The van der Waals surface area contributed by atoms with Gasteiger partial charge in [0.1, 0.15) is 13.2 Å². The predicted molar refractivity (Wildman–Crippen MR) is 94.9 cm³/mol. The summed E-state index contributed by atoms with van der Waals surface area (Å²) >= 11 is 1.47. The molecule has 0 bridgehead atoms. The van der Waals surface area contributed by atoms with Gasteiger partial charge in [0.05, 0.1) is 24.9 Å². The third-order valence-corrected chi connectivity index (χ3v) is 4.08. The molecule has 1 aromatic carbocycles. The third-order valence-electron chi connectivity index (χ3n) is 3.45. The first kappa shape index (κ1) is 19.7. The number of hydrogen-bond acceptors (Lipinski definition) is 7. The van der Waals surface area contributed by atoms with Gasteiger partial charge in [0.25, 0.3) is 5.91 Å². The SMILES string of the molecule is COCCN(CC(=O)O)C(=O)c1ccc(OCc2cscn2)c(OC)c1. The van der Waals surface area contributed by atoms with Gasteiger partial charge in [-0.3, -0.25) is 9.59 Å². The van der Waals surface area contributed by atoms with Crippen molar-refractivity contribution in [1.82, 2.24) is 9.88 Å². The van der Waals surface area contributed by atoms with Gasteiger partial charge < -0.3 is 24.2 Å². The monoisotopic (exact) mass is 380 g/mol. The zero-order chi connectivity index (χ0) is 18.9. The normalized spacial score (nSPS) is 10.4. The van der Waals surface area contributed by atoms with Gasteiger partial charge in [-0.2, -0.15) is 0 Å². The standard InChI is InChI=1S/C17H20N2O6S/c1-23-6-5-19(8-16(20)21)17(22)12-3-4-14(15(7-12)24-2)25-9-13-10-26-11-18-13/h3-4,7,10-11H,5-6,8-9H2,1-2H3,(H,20,21). The molecule has 0 fully saturated rings. The highest BCUT2D eigenvalue weighted by atomic mass is 32.1. The highest BCUT2D eigenvalue weighted by molar-refractivity contribution is 7.07. The van der Waals surface area contributed by atoms with Gasteiger partial charge in [0.2, 0.25) is 0 Å². The molecule has 0 unspecified atom stereocenters. The molecule has 0 atom stereocenters. The number of carboxylic acid groups (broad SMARTS) is 1. The summed E-state index contributed by atoms with van der Waals surface area (Å²) in [4.78, 5) is 29.0. The molecule has 1 heterocycles. The van der Waals surface area contributed by atoms with E-state index < -0.39 is 18.4 Å². The summed E-state index contributed by atoms with van der Waals surface area (Å²) in [5.41, 5.74) is 2.82. The topological polar surface area (TPSA) is 98.2 Å². The van der Waals surface area contributed by atoms with Crippen molar-refractivity contribution in [2.24, 2.45) is 0 Å². The fraction of sp³-hybridized carbons (Fsp3) is 0.353. The summed E-state index contributed by atoms with van der Waals surface area (Å²) in [5, 5.41) is 10.9. The van der Waals surface area contributed by atoms with Crippen molar-refractivity contribution in [1.29, 1.82) is 0 Å². The van der Waals surface area contributed by atoms with E-state index >= 15 is 0 Å². The molecule has 0 aliphatic rings. The molecule has 0 saturated heterocycles. The van der Waals surface area contributed by atoms with Gasteiger partial charge in [-0.25, -0.2) is 4.98 Å². The lowest BCUT2D eigenvalue weighted by Crippen LogP contribution is -2.38. The van der Waals surface area contributed by atoms with Gasteiger partial charge in [0, 0.05) is 24.6 Å². The Kier molecular flexibility index (Phi) is 7.37. The van der Waals surface area contributed by atoms with Crippen LogP contribution in [-0.4, -0.2) is 60.8 Å². The lowest BCUT2D eigenvalue weighted by Gasteiger charge is -2.21. The van der Waals surface area contributed by atoms with E-state index in [1.807, 2.05) is 5.38 Å². The van der Waals surface area contributed by atoms with Crippen LogP contribution in [0.5, 0.6) is 11.5 Å². The van der Waals surface area contributed by atoms with E-state index in [9.17, 15) is 9.59 Å². The van der Waals surface area contributed by atoms with Gasteiger partial charge in [0.15, 0.2) is 11.5 Å². The largest absolute Gasteiger partial charge is 0.493 e. The molecule has 2 aromatic rings. The molecule has 9 heteroatoms. The zero-order valence-corrected chi connectivity index (χ0v) is 15.3. The number of carboxylic acids is 1. The molecular formula is C17H20N2O6S. The first-order valence-corrected chi connectivity index (χ1v) is 8.67. The average Bonchev–Trinajstić information content (AvgIpc) is 3.16. The van der Waals surface area contributed by atoms with Crippen molar-refractivity contribution >= 4 is 23.2 Å². The van der Waals surface area contributed by atoms with E-state index in [1.165, 1.54) is 36.5 Å². The number of aliphatic carboxylic acids is 1. The molecular weight excluding hydrogens is 360 g/mol. The minimum atomic E-state index is -1.09. The molecule has 140 valence electrons. The molecule has 0 saturated carbocycles. The molecule has 0 radical (unpaired) electrons. The minimum Gasteiger partial charge on any atom is -0.493 e. The molecule has 1 N–H and O–H groups in total. The smallest absolute Gasteiger partial charge is 0.323 e. The molecule has 2 rings (SSSR count). The number of methoxy groups -OCH3 is 2. The first-order chi connectivity index (χ1) is 12.5. The third kappa shape index (κ3) is 5.43. The number of amides is 1. The second kappa shape index (κ2) is 9.73. The quantitative estimate of drug-likeness (QED) is 0.672. The van der Waals surface area contributed by atoms with E-state index in [4.69, 9.17) is 19.3 Å². The highest BCUT2D eigenvalue weighted by Crippen LogP contribution is 2.29. The van der Waals surface area contributed by atoms with Crippen LogP contribution in [0.4, 0.5) is 0 Å². The molecule has 26 heavy (non-hydrogen) atoms. The van der Waals surface area contributed by atoms with Crippen LogP contribution in [0.2, 0.25) is 0 Å². The number of aromatic nitrogens is 1. The summed E-state index contributed by atoms with van der Waals surface area (Å²) < 4.78 is 15.9. The van der Waals surface area contributed by atoms with Crippen molar-refractivity contribution in [2.75, 3.05) is 33.9 Å². The number of hydrogen-bond donors (Lipinski definition) is 1. The van der Waals surface area contributed by atoms with Crippen molar-refractivity contribution < 1.29 is 28.9 Å². The summed E-state index contributed by atoms with van der Waals surface area (Å²) in [6.07, 6.45) is 0. The molecule has 1 aromatic heterocycles. The van der Waals surface area contributed by atoms with Crippen LogP contribution < -0.4 is 9.47 Å². The molecule has 0 aliphatic carbocycles. The van der Waals surface area contributed by atoms with Gasteiger partial charge >= 0.3 is 5.97 Å². The van der Waals surface area contributed by atoms with E-state index in [0.29, 0.717) is 17.1 Å². The van der Waals surface area contributed by atoms with Gasteiger partial charge in [-0.05, 0) is 18.2 Å². The maximum atomic E-state index is 12.6. The van der Waals surface area contributed by atoms with Gasteiger partial charge in [-0.1, -0.05) is 0 Å². The molecule has 8 nitrogen and oxygen atoms in total. The Labute approximate surface area is 154 Å². The van der Waals surface area contributed by atoms with Crippen LogP contribution in [-0.2, 0) is 16.1 Å². The Morgan fingerprint density at radius 1 is 1.27 bits per heavy atom. The second-order valence-electron chi connectivity index (χ2n) is 5.25. The van der Waals surface area contributed by atoms with Crippen molar-refractivity contribution in [3.63, 3.8) is 0 Å². The number of ether oxygens (including phenoxy) is 3. The Bertz CT molecular complexity index is 735. The number of nitrogens with zero attached hydrogens (tertiary/aromatic N) is 2. The maximum Gasteiger partial charge on any atom is 0.323 e. The van der Waals surface area contributed by atoms with Crippen LogP contribution in [0.1, 0.15) is 16.1 Å². The fourth-order valence-electron chi connectivity index (χ4n) is 2.18. The molecule has 0 aliphatic heterocycles. The van der Waals surface area contributed by atoms with Crippen LogP contribution >= 0.6 is 11.3 Å². The lowest BCUT2D eigenvalue weighted by atomic mass is 10.1. The second-order valence-corrected chi connectivity index (χ2v) is 5.97. The molecule has 1 amide bonds. The van der Waals surface area contributed by atoms with Crippen molar-refractivity contribution in [3.05, 3.63) is 40.3 Å². The number of benzene rings is 1. The number of thiazole rings is 1. The van der Waals surface area contributed by atoms with Crippen LogP contribution in [0, 0.1) is 0 Å². The van der Waals surface area contributed by atoms with Crippen LogP contribution in [0.25, 0.3) is 0 Å². The Morgan fingerprint density at radius 2 is 2.08 bits per heavy atom. The van der Waals surface area contributed by atoms with E-state index in [-0.39, 0.29) is 19.8 Å². The summed E-state index contributed by atoms with van der Waals surface area (Å²) in [6, 6.07) is 4.72. The van der Waals surface area contributed by atoms with Crippen LogP contribution in [0.15, 0.2) is 29.1 Å². The Morgan fingerprint density at radius 3 is 2.69 bits per heavy atom. The van der Waals surface area contributed by atoms with E-state index in [0.717, 1.165) is 5.69 Å². The minimum absolute atomic E-state index is 0.173. The predicted octanol–water partition coefficient (Wildman–Crippen LogP) is 1.90. The van der Waals surface area contributed by atoms with E-state index in [2.05, 4.69) is 4.98 Å². The Balaban J connectivity index is 2.14. The number of rotatable bonds is 10. The summed E-state index contributed by atoms with van der Waals surface area (Å²) in [6.45, 7) is 0.287. The maximum absolute atomic E-state index is 12.6. The van der Waals surface area contributed by atoms with Crippen LogP contribution in [0.3, 0.4) is 0 Å². The number of carbonyl (C=O) groups is 2. The van der Waals surface area contributed by atoms with Crippen molar-refractivity contribution in [2.45, 2.75) is 6.61 Å². The van der Waals surface area contributed by atoms with E-state index in [1.54, 1.807) is 17.6 Å². The fourth-order valence-corrected chi connectivity index (χ4v) is 2.72. The molecule has 0 spiro atoms. The van der Waals surface area contributed by atoms with Gasteiger partial charge in [-0.15, -0.1) is 11.3 Å². The van der Waals surface area contributed by atoms with Crippen molar-refractivity contribution in [3.8, 4) is 11.5 Å². The zero-order valence-electron chi connectivity index (χ0n) is 14.5. The summed E-state index contributed by atoms with van der Waals surface area (Å²) in [5.74, 6) is -0.662. The number of carbonyl (C=O) groups excluding carboxylic acids is 1. The summed E-state index contributed by atoms with van der Waals surface area (Å²) in [7, 11) is 2.96. The average molecular weight is 380 g/mol.